The van der Waals surface area contributed by atoms with Crippen LogP contribution in [0.4, 0.5) is 5.82 Å². The van der Waals surface area contributed by atoms with Crippen molar-refractivity contribution in [3.63, 3.8) is 0 Å². The molecular weight excluding hydrogens is 416 g/mol. The number of nitrogens with zero attached hydrogens (tertiary/aromatic N) is 2. The van der Waals surface area contributed by atoms with Crippen molar-refractivity contribution < 1.29 is 14.3 Å². The minimum absolute atomic E-state index is 0.0876. The number of carbonyl (C=O) groups excluding carboxylic acids is 1. The number of aromatic nitrogens is 2. The van der Waals surface area contributed by atoms with E-state index < -0.39 is 12.0 Å². The van der Waals surface area contributed by atoms with E-state index in [1.165, 1.54) is 0 Å². The number of nitrogens with one attached hydrogen (secondary N) is 1. The second-order valence-electron chi connectivity index (χ2n) is 7.11. The number of benzene rings is 2. The van der Waals surface area contributed by atoms with E-state index >= 15 is 0 Å². The molecule has 2 unspecified atom stereocenters. The van der Waals surface area contributed by atoms with Gasteiger partial charge in [0.2, 0.25) is 0 Å². The van der Waals surface area contributed by atoms with Gasteiger partial charge in [-0.25, -0.2) is 9.97 Å². The molecule has 0 saturated carbocycles. The molecule has 1 heterocycles. The molecule has 31 heavy (non-hydrogen) atoms. The van der Waals surface area contributed by atoms with Crippen LogP contribution in [-0.4, -0.2) is 29.1 Å². The number of amides is 1. The summed E-state index contributed by atoms with van der Waals surface area (Å²) in [6.45, 7) is 5.45. The Bertz CT molecular complexity index is 1090. The Labute approximate surface area is 186 Å². The Morgan fingerprint density at radius 3 is 2.58 bits per heavy atom. The number of nitrogens with two attached hydrogens (primary N) is 1. The van der Waals surface area contributed by atoms with Crippen LogP contribution in [-0.2, 0) is 4.79 Å². The number of halogens is 1. The predicted molar refractivity (Wildman–Crippen MR) is 122 cm³/mol. The van der Waals surface area contributed by atoms with Gasteiger partial charge >= 0.3 is 0 Å². The predicted octanol–water partition coefficient (Wildman–Crippen LogP) is 4.54. The minimum atomic E-state index is -0.710. The molecule has 162 valence electrons. The van der Waals surface area contributed by atoms with Crippen molar-refractivity contribution in [2.75, 3.05) is 12.4 Å². The number of carbonyl (C=O) groups is 1. The van der Waals surface area contributed by atoms with Gasteiger partial charge in [-0.1, -0.05) is 35.9 Å². The Balaban J connectivity index is 1.84. The molecule has 3 aromatic rings. The van der Waals surface area contributed by atoms with Crippen LogP contribution < -0.4 is 20.5 Å². The van der Waals surface area contributed by atoms with E-state index in [1.54, 1.807) is 26.2 Å². The standard InChI is InChI=1S/C23H25ClN4O3/c1-13(16-7-5-8-17(11-16)31-14(2)23(25)29)26-21-12-19(27-15(3)28-21)18-9-6-10-20(30-4)22(18)24/h5-14H,1-4H3,(H2,25,29)(H,26,27,28). The molecule has 0 spiro atoms. The first-order chi connectivity index (χ1) is 14.8. The molecule has 0 aliphatic heterocycles. The molecule has 0 radical (unpaired) electrons. The van der Waals surface area contributed by atoms with Crippen LogP contribution in [0, 0.1) is 6.92 Å². The molecule has 3 rings (SSSR count). The summed E-state index contributed by atoms with van der Waals surface area (Å²) in [4.78, 5) is 20.3. The van der Waals surface area contributed by atoms with Crippen molar-refractivity contribution in [1.29, 1.82) is 0 Å². The van der Waals surface area contributed by atoms with Crippen LogP contribution in [0.15, 0.2) is 48.5 Å². The van der Waals surface area contributed by atoms with E-state index in [4.69, 9.17) is 26.8 Å². The molecule has 0 bridgehead atoms. The van der Waals surface area contributed by atoms with E-state index in [9.17, 15) is 4.79 Å². The summed E-state index contributed by atoms with van der Waals surface area (Å²) in [5, 5.41) is 3.88. The minimum Gasteiger partial charge on any atom is -0.495 e. The highest BCUT2D eigenvalue weighted by Gasteiger charge is 2.15. The first kappa shape index (κ1) is 22.4. The van der Waals surface area contributed by atoms with Crippen molar-refractivity contribution >= 4 is 23.3 Å². The normalized spacial score (nSPS) is 12.7. The fourth-order valence-electron chi connectivity index (χ4n) is 3.07. The largest absolute Gasteiger partial charge is 0.495 e. The van der Waals surface area contributed by atoms with Crippen molar-refractivity contribution in [3.8, 4) is 22.8 Å². The number of ether oxygens (including phenoxy) is 2. The number of aryl methyl sites for hydroxylation is 1. The van der Waals surface area contributed by atoms with Crippen LogP contribution in [0.1, 0.15) is 31.3 Å². The summed E-state index contributed by atoms with van der Waals surface area (Å²) in [7, 11) is 1.58. The number of primary amides is 1. The molecule has 3 N–H and O–H groups in total. The highest BCUT2D eigenvalue weighted by Crippen LogP contribution is 2.35. The molecule has 2 atom stereocenters. The third-order valence-electron chi connectivity index (χ3n) is 4.73. The quantitative estimate of drug-likeness (QED) is 0.533. The van der Waals surface area contributed by atoms with Gasteiger partial charge in [0.05, 0.1) is 23.9 Å². The summed E-state index contributed by atoms with van der Waals surface area (Å²) < 4.78 is 10.9. The Morgan fingerprint density at radius 2 is 1.87 bits per heavy atom. The van der Waals surface area contributed by atoms with Gasteiger partial charge in [0, 0.05) is 11.6 Å². The highest BCUT2D eigenvalue weighted by atomic mass is 35.5. The van der Waals surface area contributed by atoms with Gasteiger partial charge in [-0.2, -0.15) is 0 Å². The number of hydrogen-bond acceptors (Lipinski definition) is 6. The van der Waals surface area contributed by atoms with E-state index in [2.05, 4.69) is 15.3 Å². The molecule has 1 aromatic heterocycles. The SMILES string of the molecule is COc1cccc(-c2cc(NC(C)c3cccc(OC(C)C(N)=O)c3)nc(C)n2)c1Cl. The van der Waals surface area contributed by atoms with Gasteiger partial charge in [0.1, 0.15) is 23.1 Å². The Kier molecular flexibility index (Phi) is 6.97. The van der Waals surface area contributed by atoms with Gasteiger partial charge in [-0.3, -0.25) is 4.79 Å². The second-order valence-corrected chi connectivity index (χ2v) is 7.49. The topological polar surface area (TPSA) is 99.4 Å². The van der Waals surface area contributed by atoms with Crippen molar-refractivity contribution in [2.24, 2.45) is 5.73 Å². The average Bonchev–Trinajstić information content (AvgIpc) is 2.73. The van der Waals surface area contributed by atoms with E-state index in [-0.39, 0.29) is 6.04 Å². The molecule has 0 saturated heterocycles. The first-order valence-corrected chi connectivity index (χ1v) is 10.2. The zero-order valence-electron chi connectivity index (χ0n) is 17.8. The first-order valence-electron chi connectivity index (χ1n) is 9.79. The number of anilines is 1. The maximum absolute atomic E-state index is 11.3. The summed E-state index contributed by atoms with van der Waals surface area (Å²) in [6.07, 6.45) is -0.710. The summed E-state index contributed by atoms with van der Waals surface area (Å²) in [5.41, 5.74) is 7.70. The fraction of sp³-hybridized carbons (Fsp3) is 0.261. The van der Waals surface area contributed by atoms with E-state index in [0.29, 0.717) is 33.9 Å². The van der Waals surface area contributed by atoms with Crippen molar-refractivity contribution in [2.45, 2.75) is 32.9 Å². The zero-order valence-corrected chi connectivity index (χ0v) is 18.6. The van der Waals surface area contributed by atoms with Crippen LogP contribution in [0.5, 0.6) is 11.5 Å². The number of hydrogen-bond donors (Lipinski definition) is 2. The molecule has 1 amide bonds. The lowest BCUT2D eigenvalue weighted by Crippen LogP contribution is -2.30. The number of rotatable bonds is 8. The average molecular weight is 441 g/mol. The smallest absolute Gasteiger partial charge is 0.258 e. The lowest BCUT2D eigenvalue weighted by Gasteiger charge is -2.18. The Hall–Kier alpha value is -3.32. The number of methoxy groups -OCH3 is 1. The van der Waals surface area contributed by atoms with E-state index in [1.807, 2.05) is 50.2 Å². The monoisotopic (exact) mass is 440 g/mol. The molecule has 0 aliphatic rings. The van der Waals surface area contributed by atoms with Gasteiger partial charge in [0.15, 0.2) is 6.10 Å². The molecule has 7 nitrogen and oxygen atoms in total. The van der Waals surface area contributed by atoms with Crippen LogP contribution >= 0.6 is 11.6 Å². The maximum atomic E-state index is 11.3. The lowest BCUT2D eigenvalue weighted by molar-refractivity contribution is -0.123. The van der Waals surface area contributed by atoms with Gasteiger partial charge in [0.25, 0.3) is 5.91 Å². The zero-order chi connectivity index (χ0) is 22.5. The van der Waals surface area contributed by atoms with Gasteiger partial charge in [-0.05, 0) is 44.5 Å². The molecular formula is C23H25ClN4O3. The van der Waals surface area contributed by atoms with Crippen LogP contribution in [0.25, 0.3) is 11.3 Å². The molecule has 0 fully saturated rings. The summed E-state index contributed by atoms with van der Waals surface area (Å²) in [6, 6.07) is 14.8. The molecule has 2 aromatic carbocycles. The lowest BCUT2D eigenvalue weighted by atomic mass is 10.1. The van der Waals surface area contributed by atoms with Crippen LogP contribution in [0.2, 0.25) is 5.02 Å². The van der Waals surface area contributed by atoms with Gasteiger partial charge < -0.3 is 20.5 Å². The summed E-state index contributed by atoms with van der Waals surface area (Å²) >= 11 is 6.48. The second kappa shape index (κ2) is 9.66. The van der Waals surface area contributed by atoms with Crippen LogP contribution in [0.3, 0.4) is 0 Å². The van der Waals surface area contributed by atoms with Crippen molar-refractivity contribution in [1.82, 2.24) is 9.97 Å². The van der Waals surface area contributed by atoms with Crippen molar-refractivity contribution in [3.05, 3.63) is 64.9 Å². The van der Waals surface area contributed by atoms with E-state index in [0.717, 1.165) is 11.1 Å². The molecule has 8 heteroatoms. The third kappa shape index (κ3) is 5.44. The highest BCUT2D eigenvalue weighted by molar-refractivity contribution is 6.34. The molecule has 0 aliphatic carbocycles. The third-order valence-corrected chi connectivity index (χ3v) is 5.12. The maximum Gasteiger partial charge on any atom is 0.258 e. The fourth-order valence-corrected chi connectivity index (χ4v) is 3.37. The summed E-state index contributed by atoms with van der Waals surface area (Å²) in [5.74, 6) is 1.90. The van der Waals surface area contributed by atoms with Gasteiger partial charge in [-0.15, -0.1) is 0 Å². The Morgan fingerprint density at radius 1 is 1.13 bits per heavy atom.